The van der Waals surface area contributed by atoms with Gasteiger partial charge in [0.1, 0.15) is 0 Å². The summed E-state index contributed by atoms with van der Waals surface area (Å²) >= 11 is 0. The minimum Gasteiger partial charge on any atom is -0.307 e. The van der Waals surface area contributed by atoms with Crippen LogP contribution in [0, 0.1) is 0 Å². The molecular weight excluding hydrogens is 471 g/mol. The lowest BCUT2D eigenvalue weighted by Crippen LogP contribution is -2.34. The van der Waals surface area contributed by atoms with Gasteiger partial charge in [-0.1, -0.05) is 92.7 Å². The van der Waals surface area contributed by atoms with Gasteiger partial charge in [0.05, 0.1) is 33.4 Å². The Kier molecular flexibility index (Phi) is 4.00. The SMILES string of the molecule is CC1(C)c2ccccc2N2c3c1cccc3P(=O)(c1ccccc1)n1c3ccccc3c3cccc2c31. The number of rotatable bonds is 1. The van der Waals surface area contributed by atoms with Gasteiger partial charge in [-0.05, 0) is 47.5 Å². The van der Waals surface area contributed by atoms with E-state index >= 15 is 4.57 Å². The number of para-hydroxylation sites is 4. The van der Waals surface area contributed by atoms with Gasteiger partial charge < -0.3 is 4.90 Å². The molecule has 3 heterocycles. The zero-order valence-electron chi connectivity index (χ0n) is 20.7. The maximum absolute atomic E-state index is 16.1. The third-order valence-electron chi connectivity index (χ3n) is 8.33. The Hall–Kier alpha value is -4.07. The minimum atomic E-state index is -3.34. The van der Waals surface area contributed by atoms with E-state index in [1.165, 1.54) is 11.1 Å². The summed E-state index contributed by atoms with van der Waals surface area (Å²) in [5, 5.41) is 3.98. The van der Waals surface area contributed by atoms with Crippen LogP contribution in [-0.4, -0.2) is 4.34 Å². The van der Waals surface area contributed by atoms with Crippen molar-refractivity contribution in [2.45, 2.75) is 19.3 Å². The molecule has 0 radical (unpaired) electrons. The molecule has 0 bridgehead atoms. The average Bonchev–Trinajstić information content (AvgIpc) is 3.24. The predicted molar refractivity (Wildman–Crippen MR) is 155 cm³/mol. The molecule has 178 valence electrons. The van der Waals surface area contributed by atoms with Crippen molar-refractivity contribution >= 4 is 56.8 Å². The smallest absolute Gasteiger partial charge is 0.236 e. The van der Waals surface area contributed by atoms with Gasteiger partial charge in [-0.3, -0.25) is 8.90 Å². The lowest BCUT2D eigenvalue weighted by atomic mass is 9.73. The minimum absolute atomic E-state index is 0.241. The van der Waals surface area contributed by atoms with Crippen LogP contribution in [0.2, 0.25) is 0 Å². The highest BCUT2D eigenvalue weighted by atomic mass is 31.2. The second-order valence-electron chi connectivity index (χ2n) is 10.6. The Morgan fingerprint density at radius 2 is 1.27 bits per heavy atom. The van der Waals surface area contributed by atoms with Crippen molar-refractivity contribution in [1.82, 2.24) is 4.34 Å². The normalized spacial score (nSPS) is 18.9. The highest BCUT2D eigenvalue weighted by molar-refractivity contribution is 7.78. The monoisotopic (exact) mass is 496 g/mol. The van der Waals surface area contributed by atoms with Crippen LogP contribution in [0.25, 0.3) is 21.8 Å². The van der Waals surface area contributed by atoms with Crippen LogP contribution in [0.4, 0.5) is 17.1 Å². The summed E-state index contributed by atoms with van der Waals surface area (Å²) in [6.07, 6.45) is 0. The lowest BCUT2D eigenvalue weighted by Gasteiger charge is -2.42. The van der Waals surface area contributed by atoms with Crippen LogP contribution in [0.1, 0.15) is 25.0 Å². The second kappa shape index (κ2) is 7.03. The number of anilines is 3. The Morgan fingerprint density at radius 3 is 2.14 bits per heavy atom. The van der Waals surface area contributed by atoms with Gasteiger partial charge in [0.25, 0.3) is 0 Å². The second-order valence-corrected chi connectivity index (χ2v) is 13.1. The molecule has 2 aliphatic rings. The number of benzene rings is 5. The van der Waals surface area contributed by atoms with E-state index in [2.05, 4.69) is 108 Å². The van der Waals surface area contributed by atoms with Gasteiger partial charge in [0.2, 0.25) is 7.29 Å². The quantitative estimate of drug-likeness (QED) is 0.215. The Balaban J connectivity index is 1.68. The average molecular weight is 497 g/mol. The number of hydrogen-bond acceptors (Lipinski definition) is 2. The van der Waals surface area contributed by atoms with Crippen LogP contribution in [0.3, 0.4) is 0 Å². The first-order valence-electron chi connectivity index (χ1n) is 12.8. The molecule has 0 spiro atoms. The zero-order chi connectivity index (χ0) is 24.9. The van der Waals surface area contributed by atoms with Gasteiger partial charge in [0, 0.05) is 21.5 Å². The van der Waals surface area contributed by atoms with Crippen molar-refractivity contribution in [2.75, 3.05) is 4.90 Å². The van der Waals surface area contributed by atoms with Crippen LogP contribution in [-0.2, 0) is 9.98 Å². The third kappa shape index (κ3) is 2.46. The van der Waals surface area contributed by atoms with Crippen molar-refractivity contribution in [2.24, 2.45) is 0 Å². The number of fused-ring (bicyclic) bond motifs is 6. The molecule has 0 aliphatic carbocycles. The van der Waals surface area contributed by atoms with Crippen molar-refractivity contribution in [1.29, 1.82) is 0 Å². The van der Waals surface area contributed by atoms with E-state index < -0.39 is 7.29 Å². The molecular formula is C33H25N2OP. The van der Waals surface area contributed by atoms with E-state index in [0.29, 0.717) is 0 Å². The zero-order valence-corrected chi connectivity index (χ0v) is 21.6. The first-order valence-corrected chi connectivity index (χ1v) is 14.4. The number of nitrogens with zero attached hydrogens (tertiary/aromatic N) is 2. The molecule has 0 saturated heterocycles. The van der Waals surface area contributed by atoms with Crippen molar-refractivity contribution in [3.05, 3.63) is 126 Å². The van der Waals surface area contributed by atoms with E-state index in [9.17, 15) is 0 Å². The number of hydrogen-bond donors (Lipinski definition) is 0. The van der Waals surface area contributed by atoms with E-state index in [4.69, 9.17) is 0 Å². The van der Waals surface area contributed by atoms with E-state index in [0.717, 1.165) is 49.5 Å². The fourth-order valence-corrected chi connectivity index (χ4v) is 9.74. The molecule has 0 N–H and O–H groups in total. The van der Waals surface area contributed by atoms with Crippen LogP contribution in [0.5, 0.6) is 0 Å². The van der Waals surface area contributed by atoms with Gasteiger partial charge in [-0.25, -0.2) is 0 Å². The molecule has 8 rings (SSSR count). The fourth-order valence-electron chi connectivity index (χ4n) is 6.67. The van der Waals surface area contributed by atoms with Crippen LogP contribution >= 0.6 is 7.29 Å². The maximum atomic E-state index is 16.1. The summed E-state index contributed by atoms with van der Waals surface area (Å²) in [6, 6.07) is 40.0. The summed E-state index contributed by atoms with van der Waals surface area (Å²) in [7, 11) is -3.34. The molecule has 0 amide bonds. The van der Waals surface area contributed by atoms with E-state index in [1.54, 1.807) is 0 Å². The molecule has 1 unspecified atom stereocenters. The Morgan fingerprint density at radius 1 is 0.622 bits per heavy atom. The van der Waals surface area contributed by atoms with Gasteiger partial charge in [-0.2, -0.15) is 0 Å². The predicted octanol–water partition coefficient (Wildman–Crippen LogP) is 7.99. The summed E-state index contributed by atoms with van der Waals surface area (Å²) in [4.78, 5) is 2.38. The highest BCUT2D eigenvalue weighted by Crippen LogP contribution is 2.62. The van der Waals surface area contributed by atoms with Gasteiger partial charge >= 0.3 is 0 Å². The summed E-state index contributed by atoms with van der Waals surface area (Å²) in [5.74, 6) is 0. The summed E-state index contributed by atoms with van der Waals surface area (Å²) in [6.45, 7) is 4.57. The Labute approximate surface area is 216 Å². The molecule has 3 nitrogen and oxygen atoms in total. The topological polar surface area (TPSA) is 25.2 Å². The largest absolute Gasteiger partial charge is 0.307 e. The van der Waals surface area contributed by atoms with Crippen molar-refractivity contribution < 1.29 is 4.57 Å². The third-order valence-corrected chi connectivity index (χ3v) is 11.3. The molecule has 5 aromatic carbocycles. The standard InChI is InChI=1S/C33H25N2OP/c1-33(2)25-16-7-9-19-28(25)34-29-20-10-15-24-23-14-6-8-18-27(23)35(31(24)29)37(36,22-12-4-3-5-13-22)30-21-11-17-26(33)32(30)34/h3-21H,1-2H3. The molecule has 1 aromatic heterocycles. The maximum Gasteiger partial charge on any atom is 0.236 e. The molecule has 37 heavy (non-hydrogen) atoms. The fraction of sp³-hybridized carbons (Fsp3) is 0.0909. The Bertz CT molecular complexity index is 1950. The van der Waals surface area contributed by atoms with E-state index in [1.807, 2.05) is 30.3 Å². The summed E-state index contributed by atoms with van der Waals surface area (Å²) < 4.78 is 18.2. The molecule has 2 aliphatic heterocycles. The molecule has 6 aromatic rings. The molecule has 0 saturated carbocycles. The summed E-state index contributed by atoms with van der Waals surface area (Å²) in [5.41, 5.74) is 7.53. The molecule has 4 heteroatoms. The highest BCUT2D eigenvalue weighted by Gasteiger charge is 2.46. The molecule has 0 fully saturated rings. The van der Waals surface area contributed by atoms with Gasteiger partial charge in [-0.15, -0.1) is 0 Å². The lowest BCUT2D eigenvalue weighted by molar-refractivity contribution is 0.583. The van der Waals surface area contributed by atoms with Crippen molar-refractivity contribution in [3.8, 4) is 0 Å². The van der Waals surface area contributed by atoms with Crippen molar-refractivity contribution in [3.63, 3.8) is 0 Å². The van der Waals surface area contributed by atoms with Crippen LogP contribution in [0.15, 0.2) is 115 Å². The first-order chi connectivity index (χ1) is 18.0. The van der Waals surface area contributed by atoms with Gasteiger partial charge in [0.15, 0.2) is 0 Å². The first kappa shape index (κ1) is 21.1. The van der Waals surface area contributed by atoms with Crippen LogP contribution < -0.4 is 15.5 Å². The molecule has 1 atom stereocenters. The number of aromatic nitrogens is 1. The van der Waals surface area contributed by atoms with E-state index in [-0.39, 0.29) is 5.41 Å².